The van der Waals surface area contributed by atoms with Crippen molar-refractivity contribution in [3.05, 3.63) is 116 Å². The quantitative estimate of drug-likeness (QED) is 0.135. The second-order valence-corrected chi connectivity index (χ2v) is 32.2. The lowest BCUT2D eigenvalue weighted by atomic mass is 9.87. The topological polar surface area (TPSA) is 254 Å². The number of imide groups is 5. The molecule has 25 heteroatoms. The molecule has 2 fully saturated rings. The van der Waals surface area contributed by atoms with E-state index in [0.717, 1.165) is 32.4 Å². The van der Waals surface area contributed by atoms with Crippen molar-refractivity contribution in [2.24, 2.45) is 22.7 Å². The molecule has 8 aliphatic rings. The van der Waals surface area contributed by atoms with Gasteiger partial charge >= 0.3 is 0 Å². The van der Waals surface area contributed by atoms with Crippen LogP contribution in [0.2, 0.25) is 0 Å². The largest absolute Gasteiger partial charge is 0.369 e. The number of fused-ring (bicyclic) bond motifs is 1. The summed E-state index contributed by atoms with van der Waals surface area (Å²) in [5, 5.41) is 0.460. The Kier molecular flexibility index (Phi) is 33.2. The minimum Gasteiger partial charge on any atom is -0.369 e. The number of rotatable bonds is 8. The van der Waals surface area contributed by atoms with Gasteiger partial charge < -0.3 is 14.4 Å². The normalized spacial score (nSPS) is 20.9. The fraction of sp³-hybridized carbons (Fsp3) is 0.573. The minimum atomic E-state index is -0.512. The highest BCUT2D eigenvalue weighted by atomic mass is 35.5. The zero-order chi connectivity index (χ0) is 77.6. The summed E-state index contributed by atoms with van der Waals surface area (Å²) in [7, 11) is 0. The van der Waals surface area contributed by atoms with Crippen LogP contribution in [0.1, 0.15) is 193 Å². The van der Waals surface area contributed by atoms with Gasteiger partial charge in [-0.3, -0.25) is 86.0 Å². The molecule has 0 radical (unpaired) electrons. The molecule has 1 aromatic carbocycles. The van der Waals surface area contributed by atoms with Gasteiger partial charge in [0.15, 0.2) is 0 Å². The lowest BCUT2D eigenvalue weighted by Gasteiger charge is -2.25. The molecule has 0 spiro atoms. The van der Waals surface area contributed by atoms with E-state index in [4.69, 9.17) is 44.3 Å². The molecule has 1 aromatic heterocycles. The molecule has 0 bridgehead atoms. The van der Waals surface area contributed by atoms with Crippen molar-refractivity contribution in [1.82, 2.24) is 33.4 Å². The number of amides is 11. The van der Waals surface area contributed by atoms with Crippen LogP contribution >= 0.6 is 46.3 Å². The first kappa shape index (κ1) is 89.1. The maximum absolute atomic E-state index is 11.9. The molecule has 2 saturated heterocycles. The summed E-state index contributed by atoms with van der Waals surface area (Å²) in [5.41, 5.74) is 2.39. The van der Waals surface area contributed by atoms with Crippen molar-refractivity contribution in [2.75, 3.05) is 0 Å². The van der Waals surface area contributed by atoms with Crippen molar-refractivity contribution >= 4 is 121 Å². The average Bonchev–Trinajstić information content (AvgIpc) is 1.65. The fourth-order valence-corrected chi connectivity index (χ4v) is 12.0. The Morgan fingerprint density at radius 2 is 0.950 bits per heavy atom. The summed E-state index contributed by atoms with van der Waals surface area (Å²) in [6, 6.07) is 7.62. The van der Waals surface area contributed by atoms with E-state index in [2.05, 4.69) is 82.7 Å². The van der Waals surface area contributed by atoms with Crippen LogP contribution in [0.4, 0.5) is 0 Å². The number of epoxide rings is 2. The first-order chi connectivity index (χ1) is 45.7. The second kappa shape index (κ2) is 37.3. The van der Waals surface area contributed by atoms with Crippen LogP contribution in [0, 0.1) is 22.7 Å². The van der Waals surface area contributed by atoms with E-state index in [-0.39, 0.29) is 104 Å². The smallest absolute Gasteiger partial charge is 0.274 e. The van der Waals surface area contributed by atoms with Gasteiger partial charge in [-0.2, -0.15) is 0 Å². The van der Waals surface area contributed by atoms with Crippen LogP contribution in [-0.4, -0.2) is 159 Å². The van der Waals surface area contributed by atoms with E-state index in [1.54, 1.807) is 53.4 Å². The van der Waals surface area contributed by atoms with Gasteiger partial charge in [-0.1, -0.05) is 140 Å². The van der Waals surface area contributed by atoms with Crippen LogP contribution in [-0.2, 0) is 67.8 Å². The molecule has 5 unspecified atom stereocenters. The summed E-state index contributed by atoms with van der Waals surface area (Å²) >= 11 is 17.9. The third-order valence-electron chi connectivity index (χ3n) is 16.0. The molecule has 8 aliphatic heterocycles. The molecule has 0 aliphatic carbocycles. The van der Waals surface area contributed by atoms with Gasteiger partial charge in [-0.05, 0) is 165 Å². The SMILES string of the molecule is C=CC(=O)N1C=CCC1C(C)C.CC(C)(C)n1sc2ccccc2c1=O.CC(C)C1OC1C(C)(C)C.CC(C)N1C(=O)C(Cl)=C(Cl)C1=O.CC(C)N1C(=O)C=C(Cl)C1=O.CC(C)N1C(=O)C=CC1=O.CC1=C(C)C(=O)N(C(C)C)C1=O.CC1=CC(=O)N(C(C)C)C1=O.CC1OC1C(C)(C)C. The number of benzene rings is 1. The lowest BCUT2D eigenvalue weighted by Crippen LogP contribution is -2.37. The molecular weight excluding hydrogens is 1360 g/mol. The number of hydrogen-bond acceptors (Lipinski definition) is 15. The highest BCUT2D eigenvalue weighted by molar-refractivity contribution is 7.13. The van der Waals surface area contributed by atoms with E-state index in [9.17, 15) is 57.5 Å². The maximum atomic E-state index is 11.9. The maximum Gasteiger partial charge on any atom is 0.274 e. The third kappa shape index (κ3) is 24.1. The molecule has 100 heavy (non-hydrogen) atoms. The Labute approximate surface area is 611 Å². The molecule has 11 amide bonds. The van der Waals surface area contributed by atoms with Crippen LogP contribution < -0.4 is 5.56 Å². The number of halogens is 3. The zero-order valence-electron chi connectivity index (χ0n) is 63.6. The molecule has 5 atom stereocenters. The third-order valence-corrected chi connectivity index (χ3v) is 18.5. The van der Waals surface area contributed by atoms with E-state index < -0.39 is 17.7 Å². The van der Waals surface area contributed by atoms with Gasteiger partial charge in [0.2, 0.25) is 5.91 Å². The van der Waals surface area contributed by atoms with E-state index >= 15 is 0 Å². The van der Waals surface area contributed by atoms with Crippen molar-refractivity contribution in [3.8, 4) is 0 Å². The standard InChI is InChI=1S/C11H13NOS.C10H15NO.C9H13NO2.C9H18O.C8H11NO2.C7H7Cl2NO2.C7H8ClNO2.C7H9NO2.C7H14O/c1-11(2,3)12-10(13)8-6-4-5-7-9(8)14-12;1-4-10(12)11-7-5-6-9(11)8(2)3;1-5(2)10-8(11)6(3)7(4)9(10)12;1-6(2)7-8(10-7)9(3,4)5;1-5(2)9-7(10)4-6(3)8(9)11;1-3(2)10-6(11)4(8)5(9)7(10)12;1-4(2)9-6(10)3-5(8)7(9)11;1-5(2)8-6(9)3-4-7(8)10;1-5-6(8-5)7(2,3)4/h4-7H,1-3H3;4-5,7-9H,1,6H2,2-3H3;5H,1-4H3;6-8H,1-5H3;4-5H,1-3H3;3H,1-2H3;3-4H,1-2H3;3-5H,1-2H3;5-6H,1-4H3. The Morgan fingerprint density at radius 3 is 1.20 bits per heavy atom. The van der Waals surface area contributed by atoms with Gasteiger partial charge in [-0.15, -0.1) is 0 Å². The molecule has 10 rings (SSSR count). The minimum absolute atomic E-state index is 0.00227. The summed E-state index contributed by atoms with van der Waals surface area (Å²) in [4.78, 5) is 142. The van der Waals surface area contributed by atoms with Crippen molar-refractivity contribution in [1.29, 1.82) is 0 Å². The molecule has 2 aromatic rings. The van der Waals surface area contributed by atoms with Gasteiger partial charge in [-0.25, -0.2) is 0 Å². The van der Waals surface area contributed by atoms with E-state index in [0.29, 0.717) is 69.8 Å². The number of nitrogens with zero attached hydrogens (tertiary/aromatic N) is 7. The van der Waals surface area contributed by atoms with Crippen molar-refractivity contribution in [3.63, 3.8) is 0 Å². The van der Waals surface area contributed by atoms with Gasteiger partial charge in [0.25, 0.3) is 64.6 Å². The predicted octanol–water partition coefficient (Wildman–Crippen LogP) is 13.5. The molecule has 0 saturated carbocycles. The van der Waals surface area contributed by atoms with Gasteiger partial charge in [0.05, 0.1) is 40.0 Å². The molecule has 0 N–H and O–H groups in total. The zero-order valence-corrected chi connectivity index (χ0v) is 66.7. The number of hydrogen-bond donors (Lipinski definition) is 0. The predicted molar refractivity (Wildman–Crippen MR) is 396 cm³/mol. The Bertz CT molecular complexity index is 3480. The summed E-state index contributed by atoms with van der Waals surface area (Å²) in [5.74, 6) is -1.62. The summed E-state index contributed by atoms with van der Waals surface area (Å²) < 4.78 is 13.7. The van der Waals surface area contributed by atoms with Crippen molar-refractivity contribution < 1.29 is 62.2 Å². The van der Waals surface area contributed by atoms with E-state index in [1.165, 1.54) is 50.5 Å². The first-order valence-electron chi connectivity index (χ1n) is 33.6. The number of carbonyl (C=O) groups excluding carboxylic acids is 11. The number of carbonyl (C=O) groups is 11. The van der Waals surface area contributed by atoms with Crippen molar-refractivity contribution in [2.45, 2.75) is 260 Å². The Morgan fingerprint density at radius 1 is 0.540 bits per heavy atom. The molecule has 9 heterocycles. The van der Waals surface area contributed by atoms with Crippen LogP contribution in [0.5, 0.6) is 0 Å². The van der Waals surface area contributed by atoms with Gasteiger partial charge in [0.1, 0.15) is 15.1 Å². The van der Waals surface area contributed by atoms with Crippen LogP contribution in [0.3, 0.4) is 0 Å². The van der Waals surface area contributed by atoms with Crippen LogP contribution in [0.25, 0.3) is 10.1 Å². The second-order valence-electron chi connectivity index (χ2n) is 30.0. The van der Waals surface area contributed by atoms with Gasteiger partial charge in [0, 0.05) is 83.5 Å². The average molecular weight is 1470 g/mol. The van der Waals surface area contributed by atoms with Crippen LogP contribution in [0.15, 0.2) is 110 Å². The fourth-order valence-electron chi connectivity index (χ4n) is 10.5. The monoisotopic (exact) mass is 1470 g/mol. The molecular formula is C75H108Cl3N7O14S. The summed E-state index contributed by atoms with van der Waals surface area (Å²) in [6.07, 6.45) is 13.4. The summed E-state index contributed by atoms with van der Waals surface area (Å²) in [6.45, 7) is 56.7. The Balaban J connectivity index is 0.000000384. The lowest BCUT2D eigenvalue weighted by molar-refractivity contribution is -0.141. The molecule has 21 nitrogen and oxygen atoms in total. The Hall–Kier alpha value is -6.95. The first-order valence-corrected chi connectivity index (χ1v) is 35.5. The van der Waals surface area contributed by atoms with E-state index in [1.807, 2.05) is 103 Å². The number of ether oxygens (including phenoxy) is 2. The highest BCUT2D eigenvalue weighted by Crippen LogP contribution is 2.42. The number of aromatic nitrogens is 1. The molecule has 554 valence electrons. The highest BCUT2D eigenvalue weighted by Gasteiger charge is 2.48.